The largest absolute Gasteiger partial charge is 0.468 e. The minimum atomic E-state index is -1.82. The van der Waals surface area contributed by atoms with Gasteiger partial charge in [-0.25, -0.2) is 9.59 Å². The number of hydrogen-bond donors (Lipinski definition) is 0. The van der Waals surface area contributed by atoms with Gasteiger partial charge in [-0.2, -0.15) is 0 Å². The Bertz CT molecular complexity index is 1080. The Morgan fingerprint density at radius 2 is 1.51 bits per heavy atom. The molecule has 0 radical (unpaired) electrons. The average Bonchev–Trinajstić information content (AvgIpc) is 3.09. The SMILES string of the molecule is C[Si](C)(C)COC(=O)[C@H](CN(CC=O)C(=O)OCc1ccccc1)N1C(=O)c2ccccc2C1=O. The van der Waals surface area contributed by atoms with Crippen molar-refractivity contribution in [3.63, 3.8) is 0 Å². The molecule has 0 aromatic heterocycles. The maximum atomic E-state index is 13.1. The lowest BCUT2D eigenvalue weighted by Gasteiger charge is -2.30. The molecule has 9 nitrogen and oxygen atoms in total. The number of hydrogen-bond acceptors (Lipinski definition) is 7. The number of benzene rings is 2. The average molecular weight is 497 g/mol. The normalized spacial score (nSPS) is 13.7. The van der Waals surface area contributed by atoms with Crippen LogP contribution in [0.4, 0.5) is 4.79 Å². The van der Waals surface area contributed by atoms with Crippen molar-refractivity contribution in [3.05, 3.63) is 71.3 Å². The van der Waals surface area contributed by atoms with Gasteiger partial charge in [-0.15, -0.1) is 0 Å². The van der Waals surface area contributed by atoms with Crippen LogP contribution in [0.3, 0.4) is 0 Å². The Balaban J connectivity index is 1.85. The fraction of sp³-hybridized carbons (Fsp3) is 0.320. The predicted octanol–water partition coefficient (Wildman–Crippen LogP) is 2.91. The Kier molecular flexibility index (Phi) is 8.18. The van der Waals surface area contributed by atoms with Crippen molar-refractivity contribution in [1.82, 2.24) is 9.80 Å². The van der Waals surface area contributed by atoms with E-state index in [9.17, 15) is 24.0 Å². The summed E-state index contributed by atoms with van der Waals surface area (Å²) in [6, 6.07) is 13.7. The number of ether oxygens (including phenoxy) is 2. The molecule has 35 heavy (non-hydrogen) atoms. The molecule has 0 N–H and O–H groups in total. The molecule has 0 fully saturated rings. The first-order chi connectivity index (χ1) is 16.6. The summed E-state index contributed by atoms with van der Waals surface area (Å²) in [6.07, 6.45) is -0.214. The summed E-state index contributed by atoms with van der Waals surface area (Å²) in [5, 5.41) is 0. The highest BCUT2D eigenvalue weighted by atomic mass is 28.3. The van der Waals surface area contributed by atoms with E-state index in [0.717, 1.165) is 15.4 Å². The van der Waals surface area contributed by atoms with Crippen LogP contribution in [0.5, 0.6) is 0 Å². The number of esters is 1. The lowest BCUT2D eigenvalue weighted by atomic mass is 10.1. The number of carbonyl (C=O) groups is 5. The molecule has 0 saturated heterocycles. The van der Waals surface area contributed by atoms with Gasteiger partial charge in [0.25, 0.3) is 11.8 Å². The lowest BCUT2D eigenvalue weighted by Crippen LogP contribution is -2.53. The van der Waals surface area contributed by atoms with Crippen LogP contribution in [0.25, 0.3) is 0 Å². The van der Waals surface area contributed by atoms with Gasteiger partial charge in [-0.1, -0.05) is 62.1 Å². The third kappa shape index (κ3) is 6.42. The van der Waals surface area contributed by atoms with Gasteiger partial charge in [-0.3, -0.25) is 19.4 Å². The molecule has 0 bridgehead atoms. The summed E-state index contributed by atoms with van der Waals surface area (Å²) in [6.45, 7) is 5.11. The summed E-state index contributed by atoms with van der Waals surface area (Å²) >= 11 is 0. The highest BCUT2D eigenvalue weighted by Crippen LogP contribution is 2.26. The molecule has 1 aliphatic rings. The maximum Gasteiger partial charge on any atom is 0.410 e. The van der Waals surface area contributed by atoms with Crippen LogP contribution >= 0.6 is 0 Å². The van der Waals surface area contributed by atoms with E-state index in [4.69, 9.17) is 9.47 Å². The molecule has 2 aromatic rings. The molecule has 0 unspecified atom stereocenters. The fourth-order valence-corrected chi connectivity index (χ4v) is 4.04. The molecule has 0 aliphatic carbocycles. The van der Waals surface area contributed by atoms with E-state index in [1.807, 2.05) is 25.7 Å². The first-order valence-corrected chi connectivity index (χ1v) is 14.9. The van der Waals surface area contributed by atoms with Crippen molar-refractivity contribution >= 4 is 38.2 Å². The maximum absolute atomic E-state index is 13.1. The summed E-state index contributed by atoms with van der Waals surface area (Å²) in [5.41, 5.74) is 1.06. The Morgan fingerprint density at radius 1 is 0.943 bits per heavy atom. The zero-order chi connectivity index (χ0) is 25.6. The van der Waals surface area contributed by atoms with Gasteiger partial charge < -0.3 is 14.3 Å². The highest BCUT2D eigenvalue weighted by molar-refractivity contribution is 6.76. The molecule has 1 atom stereocenters. The number of rotatable bonds is 10. The second kappa shape index (κ2) is 11.1. The molecule has 184 valence electrons. The van der Waals surface area contributed by atoms with Gasteiger partial charge in [0.1, 0.15) is 12.9 Å². The zero-order valence-electron chi connectivity index (χ0n) is 19.9. The molecule has 0 saturated carbocycles. The van der Waals surface area contributed by atoms with Crippen LogP contribution in [-0.4, -0.2) is 73.4 Å². The minimum Gasteiger partial charge on any atom is -0.468 e. The van der Waals surface area contributed by atoms with Crippen molar-refractivity contribution in [1.29, 1.82) is 0 Å². The summed E-state index contributed by atoms with van der Waals surface area (Å²) in [5.74, 6) is -2.15. The van der Waals surface area contributed by atoms with Crippen LogP contribution < -0.4 is 0 Å². The minimum absolute atomic E-state index is 0.0488. The number of aldehydes is 1. The van der Waals surface area contributed by atoms with Gasteiger partial charge in [0, 0.05) is 0 Å². The molecule has 3 rings (SSSR count). The monoisotopic (exact) mass is 496 g/mol. The van der Waals surface area contributed by atoms with Crippen molar-refractivity contribution in [3.8, 4) is 0 Å². The molecule has 3 amide bonds. The first-order valence-electron chi connectivity index (χ1n) is 11.1. The number of nitrogens with zero attached hydrogens (tertiary/aromatic N) is 2. The lowest BCUT2D eigenvalue weighted by molar-refractivity contribution is -0.147. The molecule has 10 heteroatoms. The number of amides is 3. The van der Waals surface area contributed by atoms with Gasteiger partial charge in [-0.05, 0) is 17.7 Å². The molecule has 2 aromatic carbocycles. The second-order valence-electron chi connectivity index (χ2n) is 9.32. The van der Waals surface area contributed by atoms with Crippen LogP contribution in [-0.2, 0) is 25.7 Å². The molecular formula is C25H28N2O7Si. The first kappa shape index (κ1) is 25.8. The number of carbonyl (C=O) groups excluding carboxylic acids is 5. The standard InChI is InChI=1S/C25H28N2O7Si/c1-35(2,3)17-34-24(31)21(27-22(29)19-11-7-8-12-20(19)23(27)30)15-26(13-14-28)25(32)33-16-18-9-5-4-6-10-18/h4-12,14,21H,13,15-17H2,1-3H3/t21-/m0/s1. The molecule has 1 aliphatic heterocycles. The summed E-state index contributed by atoms with van der Waals surface area (Å²) < 4.78 is 10.8. The third-order valence-electron chi connectivity index (χ3n) is 5.21. The third-order valence-corrected chi connectivity index (χ3v) is 6.22. The summed E-state index contributed by atoms with van der Waals surface area (Å²) in [4.78, 5) is 65.2. The van der Waals surface area contributed by atoms with E-state index in [1.54, 1.807) is 36.4 Å². The van der Waals surface area contributed by atoms with Crippen molar-refractivity contribution in [2.75, 3.05) is 19.3 Å². The van der Waals surface area contributed by atoms with E-state index < -0.39 is 51.1 Å². The number of imide groups is 1. The van der Waals surface area contributed by atoms with E-state index in [1.165, 1.54) is 12.1 Å². The quantitative estimate of drug-likeness (QED) is 0.215. The molecule has 1 heterocycles. The number of fused-ring (bicyclic) bond motifs is 1. The van der Waals surface area contributed by atoms with E-state index in [-0.39, 0.29) is 24.0 Å². The smallest absolute Gasteiger partial charge is 0.410 e. The topological polar surface area (TPSA) is 110 Å². The van der Waals surface area contributed by atoms with Crippen molar-refractivity contribution < 1.29 is 33.4 Å². The predicted molar refractivity (Wildman–Crippen MR) is 129 cm³/mol. The van der Waals surface area contributed by atoms with Crippen LogP contribution in [0, 0.1) is 0 Å². The zero-order valence-corrected chi connectivity index (χ0v) is 20.9. The van der Waals surface area contributed by atoms with Gasteiger partial charge in [0.15, 0.2) is 6.04 Å². The van der Waals surface area contributed by atoms with Gasteiger partial charge in [0.05, 0.1) is 38.5 Å². The van der Waals surface area contributed by atoms with Crippen LogP contribution in [0.2, 0.25) is 19.6 Å². The Hall–Kier alpha value is -3.79. The van der Waals surface area contributed by atoms with E-state index in [2.05, 4.69) is 0 Å². The van der Waals surface area contributed by atoms with Gasteiger partial charge in [0.2, 0.25) is 0 Å². The van der Waals surface area contributed by atoms with E-state index >= 15 is 0 Å². The van der Waals surface area contributed by atoms with Gasteiger partial charge >= 0.3 is 12.1 Å². The van der Waals surface area contributed by atoms with E-state index in [0.29, 0.717) is 6.29 Å². The van der Waals surface area contributed by atoms with Crippen LogP contribution in [0.1, 0.15) is 26.3 Å². The summed E-state index contributed by atoms with van der Waals surface area (Å²) in [7, 11) is -1.82. The Morgan fingerprint density at radius 3 is 2.06 bits per heavy atom. The van der Waals surface area contributed by atoms with Crippen molar-refractivity contribution in [2.24, 2.45) is 0 Å². The fourth-order valence-electron chi connectivity index (χ4n) is 3.47. The molecular weight excluding hydrogens is 468 g/mol. The molecule has 0 spiro atoms. The van der Waals surface area contributed by atoms with Crippen LogP contribution in [0.15, 0.2) is 54.6 Å². The Labute approximate surface area is 204 Å². The second-order valence-corrected chi connectivity index (χ2v) is 14.7. The highest BCUT2D eigenvalue weighted by Gasteiger charge is 2.45. The van der Waals surface area contributed by atoms with Crippen molar-refractivity contribution in [2.45, 2.75) is 32.3 Å².